The van der Waals surface area contributed by atoms with Crippen molar-refractivity contribution in [2.45, 2.75) is 25.7 Å². The van der Waals surface area contributed by atoms with Gasteiger partial charge in [0.25, 0.3) is 0 Å². The van der Waals surface area contributed by atoms with E-state index in [1.165, 1.54) is 4.90 Å². The Kier molecular flexibility index (Phi) is 9.55. The Bertz CT molecular complexity index is 393. The molecule has 9 heteroatoms. The molecule has 22 heavy (non-hydrogen) atoms. The molecular weight excluding hydrogens is 298 g/mol. The summed E-state index contributed by atoms with van der Waals surface area (Å²) in [5.74, 6) is -3.61. The van der Waals surface area contributed by atoms with E-state index in [0.717, 1.165) is 0 Å². The zero-order valence-electron chi connectivity index (χ0n) is 12.1. The Balaban J connectivity index is 4.53. The highest BCUT2D eigenvalue weighted by molar-refractivity contribution is 5.72. The number of hydrogen-bond acceptors (Lipinski definition) is 6. The molecule has 1 atom stereocenters. The summed E-state index contributed by atoms with van der Waals surface area (Å²) in [7, 11) is 0. The van der Waals surface area contributed by atoms with Gasteiger partial charge in [-0.3, -0.25) is 19.3 Å². The Labute approximate surface area is 127 Å². The minimum atomic E-state index is -1.15. The van der Waals surface area contributed by atoms with Gasteiger partial charge < -0.3 is 20.2 Å². The average Bonchev–Trinajstić information content (AvgIpc) is 2.39. The van der Waals surface area contributed by atoms with Crippen LogP contribution < -0.4 is 0 Å². The molecule has 0 radical (unpaired) electrons. The first-order chi connectivity index (χ1) is 10.3. The van der Waals surface area contributed by atoms with E-state index in [1.807, 2.05) is 0 Å². The lowest BCUT2D eigenvalue weighted by Gasteiger charge is -2.22. The summed E-state index contributed by atoms with van der Waals surface area (Å²) in [6.07, 6.45) is 0.947. The van der Waals surface area contributed by atoms with E-state index in [2.05, 4.69) is 11.5 Å². The molecule has 1 unspecified atom stereocenters. The fourth-order valence-electron chi connectivity index (χ4n) is 1.98. The van der Waals surface area contributed by atoms with E-state index in [9.17, 15) is 14.4 Å². The molecule has 0 saturated heterocycles. The van der Waals surface area contributed by atoms with Crippen LogP contribution in [0.4, 0.5) is 0 Å². The molecule has 0 spiro atoms. The average molecular weight is 319 g/mol. The van der Waals surface area contributed by atoms with Crippen LogP contribution in [-0.2, 0) is 19.3 Å². The molecule has 0 fully saturated rings. The summed E-state index contributed by atoms with van der Waals surface area (Å²) in [5, 5.41) is 34.7. The lowest BCUT2D eigenvalue weighted by molar-refractivity contribution is -0.211. The summed E-state index contributed by atoms with van der Waals surface area (Å²) in [6.45, 7) is 2.78. The first-order valence-corrected chi connectivity index (χ1v) is 6.64. The van der Waals surface area contributed by atoms with Gasteiger partial charge in [0.1, 0.15) is 5.76 Å². The van der Waals surface area contributed by atoms with Gasteiger partial charge in [-0.2, -0.15) is 0 Å². The first kappa shape index (κ1) is 19.9. The Morgan fingerprint density at radius 3 is 1.95 bits per heavy atom. The molecule has 9 nitrogen and oxygen atoms in total. The highest BCUT2D eigenvalue weighted by Gasteiger charge is 2.19. The van der Waals surface area contributed by atoms with Gasteiger partial charge in [-0.1, -0.05) is 6.58 Å². The second kappa shape index (κ2) is 10.6. The predicted molar refractivity (Wildman–Crippen MR) is 74.2 cm³/mol. The largest absolute Gasteiger partial charge is 0.481 e. The summed E-state index contributed by atoms with van der Waals surface area (Å²) >= 11 is 0. The van der Waals surface area contributed by atoms with Crippen LogP contribution in [-0.4, -0.2) is 63.0 Å². The molecule has 0 rings (SSSR count). The molecule has 0 aromatic carbocycles. The predicted octanol–water partition coefficient (Wildman–Crippen LogP) is 0.722. The van der Waals surface area contributed by atoms with Crippen molar-refractivity contribution in [1.82, 2.24) is 4.90 Å². The van der Waals surface area contributed by atoms with E-state index >= 15 is 0 Å². The summed E-state index contributed by atoms with van der Waals surface area (Å²) in [5.41, 5.74) is 0. The SMILES string of the molecule is C=C(OO)C(CCCC(=O)O)CCN(CC(=O)O)CC(=O)O. The van der Waals surface area contributed by atoms with E-state index in [1.54, 1.807) is 0 Å². The number of carbonyl (C=O) groups is 3. The molecule has 0 aliphatic carbocycles. The van der Waals surface area contributed by atoms with Crippen LogP contribution in [0, 0.1) is 5.92 Å². The summed E-state index contributed by atoms with van der Waals surface area (Å²) in [4.78, 5) is 37.2. The third-order valence-corrected chi connectivity index (χ3v) is 3.03. The third-order valence-electron chi connectivity index (χ3n) is 3.03. The number of carboxylic acids is 3. The molecule has 4 N–H and O–H groups in total. The number of carboxylic acid groups (broad SMARTS) is 3. The maximum absolute atomic E-state index is 10.7. The molecule has 0 aliphatic rings. The van der Waals surface area contributed by atoms with E-state index in [4.69, 9.17) is 20.6 Å². The monoisotopic (exact) mass is 319 g/mol. The molecule has 0 bridgehead atoms. The van der Waals surface area contributed by atoms with Crippen LogP contribution in [0.15, 0.2) is 12.3 Å². The minimum Gasteiger partial charge on any atom is -0.481 e. The Morgan fingerprint density at radius 2 is 1.55 bits per heavy atom. The van der Waals surface area contributed by atoms with Crippen molar-refractivity contribution in [3.63, 3.8) is 0 Å². The van der Waals surface area contributed by atoms with Gasteiger partial charge in [0, 0.05) is 18.9 Å². The molecule has 0 heterocycles. The van der Waals surface area contributed by atoms with E-state index in [0.29, 0.717) is 19.3 Å². The van der Waals surface area contributed by atoms with Crippen molar-refractivity contribution in [2.24, 2.45) is 5.92 Å². The van der Waals surface area contributed by atoms with Crippen molar-refractivity contribution < 1.29 is 39.8 Å². The fourth-order valence-corrected chi connectivity index (χ4v) is 1.98. The maximum atomic E-state index is 10.7. The Hall–Kier alpha value is -2.13. The second-order valence-electron chi connectivity index (χ2n) is 4.83. The molecular formula is C13H21NO8. The number of allylic oxidation sites excluding steroid dienone is 1. The zero-order valence-corrected chi connectivity index (χ0v) is 12.1. The number of rotatable bonds is 13. The van der Waals surface area contributed by atoms with Crippen LogP contribution in [0.1, 0.15) is 25.7 Å². The summed E-state index contributed by atoms with van der Waals surface area (Å²) < 4.78 is 0. The zero-order chi connectivity index (χ0) is 17.1. The molecule has 0 aromatic rings. The van der Waals surface area contributed by atoms with Crippen LogP contribution in [0.25, 0.3) is 0 Å². The van der Waals surface area contributed by atoms with E-state index in [-0.39, 0.29) is 18.7 Å². The van der Waals surface area contributed by atoms with Gasteiger partial charge >= 0.3 is 17.9 Å². The lowest BCUT2D eigenvalue weighted by Crippen LogP contribution is -2.36. The second-order valence-corrected chi connectivity index (χ2v) is 4.83. The van der Waals surface area contributed by atoms with Crippen molar-refractivity contribution in [3.05, 3.63) is 12.3 Å². The van der Waals surface area contributed by atoms with Crippen molar-refractivity contribution in [2.75, 3.05) is 19.6 Å². The van der Waals surface area contributed by atoms with Crippen molar-refractivity contribution in [3.8, 4) is 0 Å². The van der Waals surface area contributed by atoms with Gasteiger partial charge in [0.2, 0.25) is 0 Å². The standard InChI is InChI=1S/C13H21NO8/c1-9(22-21)10(3-2-4-11(15)16)5-6-14(7-12(17)18)8-13(19)20/h10,21H,1-8H2,(H,15,16)(H,17,18)(H,19,20). The van der Waals surface area contributed by atoms with Crippen LogP contribution in [0.3, 0.4) is 0 Å². The molecule has 0 aromatic heterocycles. The highest BCUT2D eigenvalue weighted by atomic mass is 17.1. The molecule has 0 saturated carbocycles. The van der Waals surface area contributed by atoms with Crippen molar-refractivity contribution in [1.29, 1.82) is 0 Å². The van der Waals surface area contributed by atoms with Gasteiger partial charge in [-0.05, 0) is 19.3 Å². The van der Waals surface area contributed by atoms with Crippen LogP contribution >= 0.6 is 0 Å². The highest BCUT2D eigenvalue weighted by Crippen LogP contribution is 2.21. The van der Waals surface area contributed by atoms with Gasteiger partial charge in [-0.25, -0.2) is 5.26 Å². The maximum Gasteiger partial charge on any atom is 0.317 e. The molecule has 0 amide bonds. The quantitative estimate of drug-likeness (QED) is 0.219. The number of hydrogen-bond donors (Lipinski definition) is 4. The molecule has 0 aliphatic heterocycles. The van der Waals surface area contributed by atoms with E-state index < -0.39 is 36.9 Å². The van der Waals surface area contributed by atoms with Crippen molar-refractivity contribution >= 4 is 17.9 Å². The minimum absolute atomic E-state index is 0.0380. The number of nitrogens with zero attached hydrogens (tertiary/aromatic N) is 1. The summed E-state index contributed by atoms with van der Waals surface area (Å²) in [6, 6.07) is 0. The topological polar surface area (TPSA) is 145 Å². The lowest BCUT2D eigenvalue weighted by atomic mass is 9.96. The normalized spacial score (nSPS) is 11.9. The van der Waals surface area contributed by atoms with Crippen LogP contribution in [0.5, 0.6) is 0 Å². The van der Waals surface area contributed by atoms with Crippen LogP contribution in [0.2, 0.25) is 0 Å². The van der Waals surface area contributed by atoms with Gasteiger partial charge in [0.05, 0.1) is 13.1 Å². The fraction of sp³-hybridized carbons (Fsp3) is 0.615. The Morgan fingerprint density at radius 1 is 1.00 bits per heavy atom. The molecule has 126 valence electrons. The van der Waals surface area contributed by atoms with Gasteiger partial charge in [0.15, 0.2) is 0 Å². The smallest absolute Gasteiger partial charge is 0.317 e. The first-order valence-electron chi connectivity index (χ1n) is 6.64. The third kappa shape index (κ3) is 9.72. The van der Waals surface area contributed by atoms with Gasteiger partial charge in [-0.15, -0.1) is 0 Å². The number of aliphatic carboxylic acids is 3.